The van der Waals surface area contributed by atoms with E-state index in [2.05, 4.69) is 19.9 Å². The number of hydrogen-bond acceptors (Lipinski definition) is 7. The Morgan fingerprint density at radius 3 is 2.57 bits per heavy atom. The number of benzene rings is 1. The summed E-state index contributed by atoms with van der Waals surface area (Å²) >= 11 is 3.20. The highest BCUT2D eigenvalue weighted by Gasteiger charge is 2.24. The first kappa shape index (κ1) is 19.1. The van der Waals surface area contributed by atoms with Gasteiger partial charge in [0, 0.05) is 56.0 Å². The third kappa shape index (κ3) is 3.54. The van der Waals surface area contributed by atoms with Gasteiger partial charge in [0.2, 0.25) is 0 Å². The van der Waals surface area contributed by atoms with Crippen LogP contribution in [0.1, 0.15) is 10.4 Å². The smallest absolute Gasteiger partial charge is 0.253 e. The molecule has 3 aromatic heterocycles. The van der Waals surface area contributed by atoms with Crippen molar-refractivity contribution in [3.05, 3.63) is 60.6 Å². The van der Waals surface area contributed by atoms with Crippen molar-refractivity contribution in [2.24, 2.45) is 0 Å². The van der Waals surface area contributed by atoms with E-state index >= 15 is 0 Å². The molecule has 1 aromatic carbocycles. The first-order valence-electron chi connectivity index (χ1n) is 9.66. The van der Waals surface area contributed by atoms with Gasteiger partial charge in [-0.15, -0.1) is 0 Å². The van der Waals surface area contributed by atoms with Gasteiger partial charge in [-0.3, -0.25) is 9.36 Å². The van der Waals surface area contributed by atoms with Gasteiger partial charge in [0.25, 0.3) is 5.91 Å². The second kappa shape index (κ2) is 8.08. The Morgan fingerprint density at radius 1 is 1.03 bits per heavy atom. The summed E-state index contributed by atoms with van der Waals surface area (Å²) < 4.78 is 2.02. The second-order valence-corrected chi connectivity index (χ2v) is 8.66. The van der Waals surface area contributed by atoms with Gasteiger partial charge in [0.05, 0.1) is 0 Å². The maximum Gasteiger partial charge on any atom is 0.253 e. The summed E-state index contributed by atoms with van der Waals surface area (Å²) in [7, 11) is 0. The second-order valence-electron chi connectivity index (χ2n) is 6.93. The van der Waals surface area contributed by atoms with Crippen LogP contribution in [0.4, 0.5) is 5.13 Å². The van der Waals surface area contributed by atoms with E-state index in [4.69, 9.17) is 0 Å². The van der Waals surface area contributed by atoms with Crippen LogP contribution in [0.25, 0.3) is 16.0 Å². The largest absolute Gasteiger partial charge is 0.344 e. The van der Waals surface area contributed by atoms with Crippen LogP contribution >= 0.6 is 23.1 Å². The summed E-state index contributed by atoms with van der Waals surface area (Å²) in [5.41, 5.74) is 2.64. The van der Waals surface area contributed by atoms with Gasteiger partial charge in [0.1, 0.15) is 10.3 Å². The van der Waals surface area contributed by atoms with Crippen molar-refractivity contribution in [3.8, 4) is 5.69 Å². The number of thioether (sulfide) groups is 1. The molecule has 7 nitrogen and oxygen atoms in total. The molecule has 0 atom stereocenters. The molecule has 0 saturated carbocycles. The van der Waals surface area contributed by atoms with Crippen molar-refractivity contribution in [1.29, 1.82) is 0 Å². The lowest BCUT2D eigenvalue weighted by molar-refractivity contribution is 0.0747. The van der Waals surface area contributed by atoms with Crippen molar-refractivity contribution in [2.75, 3.05) is 37.3 Å². The SMILES string of the molecule is CSc1nccn1-c1ccc(C(=O)N2CCN(c3nc4cccnc4s3)CC2)cc1. The summed E-state index contributed by atoms with van der Waals surface area (Å²) in [5.74, 6) is 0.0721. The molecule has 5 rings (SSSR count). The zero-order chi connectivity index (χ0) is 20.5. The first-order valence-corrected chi connectivity index (χ1v) is 11.7. The fourth-order valence-electron chi connectivity index (χ4n) is 3.58. The summed E-state index contributed by atoms with van der Waals surface area (Å²) in [6.07, 6.45) is 7.51. The fourth-order valence-corrected chi connectivity index (χ4v) is 5.07. The minimum absolute atomic E-state index is 0.0721. The van der Waals surface area contributed by atoms with E-state index in [1.54, 1.807) is 35.5 Å². The Labute approximate surface area is 182 Å². The van der Waals surface area contributed by atoms with E-state index in [1.807, 2.05) is 58.3 Å². The zero-order valence-electron chi connectivity index (χ0n) is 16.4. The lowest BCUT2D eigenvalue weighted by Crippen LogP contribution is -2.48. The number of amides is 1. The number of carbonyl (C=O) groups excluding carboxylic acids is 1. The molecule has 9 heteroatoms. The van der Waals surface area contributed by atoms with Crippen LogP contribution in [0, 0.1) is 0 Å². The molecule has 0 aliphatic carbocycles. The van der Waals surface area contributed by atoms with Crippen LogP contribution in [-0.2, 0) is 0 Å². The third-order valence-electron chi connectivity index (χ3n) is 5.17. The molecule has 4 aromatic rings. The van der Waals surface area contributed by atoms with Gasteiger partial charge in [-0.25, -0.2) is 15.0 Å². The molecule has 1 aliphatic heterocycles. The molecule has 1 saturated heterocycles. The van der Waals surface area contributed by atoms with Crippen molar-refractivity contribution in [1.82, 2.24) is 24.4 Å². The summed E-state index contributed by atoms with van der Waals surface area (Å²) in [5, 5.41) is 1.90. The number of hydrogen-bond donors (Lipinski definition) is 0. The Kier molecular flexibility index (Phi) is 5.14. The molecule has 0 unspecified atom stereocenters. The third-order valence-corrected chi connectivity index (χ3v) is 6.88. The number of rotatable bonds is 4. The number of thiazole rings is 1. The fraction of sp³-hybridized carbons (Fsp3) is 0.238. The van der Waals surface area contributed by atoms with Crippen LogP contribution in [0.15, 0.2) is 60.1 Å². The molecule has 30 heavy (non-hydrogen) atoms. The lowest BCUT2D eigenvalue weighted by Gasteiger charge is -2.34. The number of imidazole rings is 1. The van der Waals surface area contributed by atoms with Gasteiger partial charge < -0.3 is 9.80 Å². The van der Waals surface area contributed by atoms with Gasteiger partial charge in [-0.1, -0.05) is 23.1 Å². The van der Waals surface area contributed by atoms with Crippen molar-refractivity contribution >= 4 is 44.5 Å². The average molecular weight is 437 g/mol. The van der Waals surface area contributed by atoms with E-state index in [0.717, 1.165) is 39.4 Å². The molecule has 1 amide bonds. The molecule has 0 bridgehead atoms. The molecule has 0 spiro atoms. The van der Waals surface area contributed by atoms with E-state index in [9.17, 15) is 4.79 Å². The van der Waals surface area contributed by atoms with Crippen LogP contribution in [0.3, 0.4) is 0 Å². The highest BCUT2D eigenvalue weighted by molar-refractivity contribution is 7.98. The Hall–Kier alpha value is -2.91. The normalized spacial score (nSPS) is 14.4. The Balaban J connectivity index is 1.25. The summed E-state index contributed by atoms with van der Waals surface area (Å²) in [4.78, 5) is 31.5. The average Bonchev–Trinajstić information content (AvgIpc) is 3.46. The van der Waals surface area contributed by atoms with E-state index in [-0.39, 0.29) is 5.91 Å². The first-order chi connectivity index (χ1) is 14.7. The maximum absolute atomic E-state index is 13.0. The Bertz CT molecular complexity index is 1140. The predicted octanol–water partition coefficient (Wildman–Crippen LogP) is 3.56. The van der Waals surface area contributed by atoms with Gasteiger partial charge in [0.15, 0.2) is 10.3 Å². The van der Waals surface area contributed by atoms with E-state index < -0.39 is 0 Å². The van der Waals surface area contributed by atoms with Crippen molar-refractivity contribution in [3.63, 3.8) is 0 Å². The number of piperazine rings is 1. The van der Waals surface area contributed by atoms with Crippen LogP contribution in [0.5, 0.6) is 0 Å². The number of fused-ring (bicyclic) bond motifs is 1. The van der Waals surface area contributed by atoms with Gasteiger partial charge >= 0.3 is 0 Å². The van der Waals surface area contributed by atoms with Crippen molar-refractivity contribution < 1.29 is 4.79 Å². The molecule has 1 aliphatic rings. The van der Waals surface area contributed by atoms with E-state index in [0.29, 0.717) is 18.7 Å². The molecule has 0 radical (unpaired) electrons. The van der Waals surface area contributed by atoms with Crippen molar-refractivity contribution in [2.45, 2.75) is 5.16 Å². The monoisotopic (exact) mass is 436 g/mol. The topological polar surface area (TPSA) is 67.2 Å². The van der Waals surface area contributed by atoms with E-state index in [1.165, 1.54) is 0 Å². The summed E-state index contributed by atoms with van der Waals surface area (Å²) in [6, 6.07) is 11.6. The standard InChI is InChI=1S/C21H20N6OS2/c1-29-20-23-9-10-27(20)16-6-4-15(5-7-16)19(28)25-11-13-26(14-12-25)21-24-17-3-2-8-22-18(17)30-21/h2-10H,11-14H2,1H3. The highest BCUT2D eigenvalue weighted by atomic mass is 32.2. The highest BCUT2D eigenvalue weighted by Crippen LogP contribution is 2.28. The van der Waals surface area contributed by atoms with Gasteiger partial charge in [-0.05, 0) is 42.7 Å². The Morgan fingerprint density at radius 2 is 1.83 bits per heavy atom. The summed E-state index contributed by atoms with van der Waals surface area (Å²) in [6.45, 7) is 2.91. The number of aromatic nitrogens is 4. The van der Waals surface area contributed by atoms with Crippen LogP contribution in [0.2, 0.25) is 0 Å². The lowest BCUT2D eigenvalue weighted by atomic mass is 10.1. The number of nitrogens with zero attached hydrogens (tertiary/aromatic N) is 6. The number of carbonyl (C=O) groups is 1. The minimum atomic E-state index is 0.0721. The quantitative estimate of drug-likeness (QED) is 0.456. The molecular weight excluding hydrogens is 416 g/mol. The molecule has 1 fully saturated rings. The maximum atomic E-state index is 13.0. The minimum Gasteiger partial charge on any atom is -0.344 e. The van der Waals surface area contributed by atoms with Gasteiger partial charge in [-0.2, -0.15) is 0 Å². The zero-order valence-corrected chi connectivity index (χ0v) is 18.1. The molecular formula is C21H20N6OS2. The molecule has 152 valence electrons. The predicted molar refractivity (Wildman–Crippen MR) is 121 cm³/mol. The number of pyridine rings is 1. The van der Waals surface area contributed by atoms with Crippen LogP contribution < -0.4 is 4.90 Å². The number of anilines is 1. The van der Waals surface area contributed by atoms with Crippen LogP contribution in [-0.4, -0.2) is 62.8 Å². The molecule has 4 heterocycles. The molecule has 0 N–H and O–H groups in total.